The smallest absolute Gasteiger partial charge is 0.266 e. The van der Waals surface area contributed by atoms with E-state index in [0.717, 1.165) is 11.1 Å². The summed E-state index contributed by atoms with van der Waals surface area (Å²) in [5, 5.41) is 22.4. The standard InChI is InChI=1S/C18H14N2O3/c1-12-2-4-13(5-3-12)10-15(11-19)17(21)20-16-8-6-14(7-9-16)18(22)23/h2-10H,1H3,(H,20,21)(H,22,23)/p-1/b15-10+. The van der Waals surface area contributed by atoms with Crippen LogP contribution in [0.3, 0.4) is 0 Å². The highest BCUT2D eigenvalue weighted by molar-refractivity contribution is 6.09. The van der Waals surface area contributed by atoms with Crippen molar-refractivity contribution in [2.24, 2.45) is 0 Å². The van der Waals surface area contributed by atoms with Crippen molar-refractivity contribution in [2.45, 2.75) is 6.92 Å². The van der Waals surface area contributed by atoms with E-state index in [0.29, 0.717) is 5.69 Å². The Morgan fingerprint density at radius 1 is 1.09 bits per heavy atom. The van der Waals surface area contributed by atoms with E-state index in [1.54, 1.807) is 0 Å². The highest BCUT2D eigenvalue weighted by atomic mass is 16.4. The number of carboxylic acids is 1. The molecule has 0 aliphatic heterocycles. The molecule has 5 nitrogen and oxygen atoms in total. The number of rotatable bonds is 4. The Balaban J connectivity index is 2.15. The van der Waals surface area contributed by atoms with Crippen LogP contribution in [0.15, 0.2) is 54.1 Å². The van der Waals surface area contributed by atoms with E-state index >= 15 is 0 Å². The van der Waals surface area contributed by atoms with Gasteiger partial charge in [0.05, 0.1) is 5.97 Å². The average molecular weight is 305 g/mol. The molecular weight excluding hydrogens is 292 g/mol. The molecule has 0 bridgehead atoms. The van der Waals surface area contributed by atoms with E-state index in [9.17, 15) is 14.7 Å². The lowest BCUT2D eigenvalue weighted by Gasteiger charge is -2.06. The van der Waals surface area contributed by atoms with Crippen LogP contribution in [0.5, 0.6) is 0 Å². The quantitative estimate of drug-likeness (QED) is 0.689. The fourth-order valence-electron chi connectivity index (χ4n) is 1.87. The Kier molecular flexibility index (Phi) is 4.90. The van der Waals surface area contributed by atoms with Crippen LogP contribution in [0.25, 0.3) is 6.08 Å². The normalized spacial score (nSPS) is 10.7. The maximum Gasteiger partial charge on any atom is 0.266 e. The number of benzene rings is 2. The third kappa shape index (κ3) is 4.29. The van der Waals surface area contributed by atoms with Crippen LogP contribution in [0, 0.1) is 18.3 Å². The van der Waals surface area contributed by atoms with Crippen LogP contribution in [0.4, 0.5) is 5.69 Å². The molecule has 0 radical (unpaired) electrons. The highest BCUT2D eigenvalue weighted by Crippen LogP contribution is 2.13. The van der Waals surface area contributed by atoms with Crippen LogP contribution in [0.1, 0.15) is 21.5 Å². The summed E-state index contributed by atoms with van der Waals surface area (Å²) in [5.41, 5.74) is 2.19. The lowest BCUT2D eigenvalue weighted by atomic mass is 10.1. The Morgan fingerprint density at radius 3 is 2.22 bits per heavy atom. The molecule has 1 N–H and O–H groups in total. The molecule has 0 saturated carbocycles. The topological polar surface area (TPSA) is 93.0 Å². The molecule has 0 saturated heterocycles. The van der Waals surface area contributed by atoms with Gasteiger partial charge in [-0.3, -0.25) is 4.79 Å². The van der Waals surface area contributed by atoms with E-state index < -0.39 is 11.9 Å². The molecule has 5 heteroatoms. The van der Waals surface area contributed by atoms with Crippen molar-refractivity contribution < 1.29 is 14.7 Å². The van der Waals surface area contributed by atoms with Gasteiger partial charge in [-0.1, -0.05) is 42.0 Å². The first-order valence-corrected chi connectivity index (χ1v) is 6.81. The van der Waals surface area contributed by atoms with Crippen LogP contribution in [0.2, 0.25) is 0 Å². The Morgan fingerprint density at radius 2 is 1.70 bits per heavy atom. The highest BCUT2D eigenvalue weighted by Gasteiger charge is 2.09. The van der Waals surface area contributed by atoms with Gasteiger partial charge in [-0.05, 0) is 36.3 Å². The first-order valence-electron chi connectivity index (χ1n) is 6.81. The molecule has 0 fully saturated rings. The zero-order chi connectivity index (χ0) is 16.8. The summed E-state index contributed by atoms with van der Waals surface area (Å²) >= 11 is 0. The number of amides is 1. The van der Waals surface area contributed by atoms with Gasteiger partial charge >= 0.3 is 0 Å². The van der Waals surface area contributed by atoms with Crippen LogP contribution < -0.4 is 10.4 Å². The van der Waals surface area contributed by atoms with E-state index in [1.807, 2.05) is 37.3 Å². The van der Waals surface area contributed by atoms with Gasteiger partial charge in [-0.2, -0.15) is 5.26 Å². The van der Waals surface area contributed by atoms with Crippen molar-refractivity contribution in [3.05, 3.63) is 70.8 Å². The van der Waals surface area contributed by atoms with E-state index in [4.69, 9.17) is 5.26 Å². The number of carbonyl (C=O) groups is 2. The van der Waals surface area contributed by atoms with Crippen molar-refractivity contribution in [2.75, 3.05) is 5.32 Å². The summed E-state index contributed by atoms with van der Waals surface area (Å²) in [6, 6.07) is 14.8. The first-order chi connectivity index (χ1) is 11.0. The van der Waals surface area contributed by atoms with Gasteiger partial charge in [0.25, 0.3) is 5.91 Å². The van der Waals surface area contributed by atoms with Crippen LogP contribution >= 0.6 is 0 Å². The van der Waals surface area contributed by atoms with Gasteiger partial charge in [-0.15, -0.1) is 0 Å². The number of carbonyl (C=O) groups excluding carboxylic acids is 2. The third-order valence-electron chi connectivity index (χ3n) is 3.13. The first kappa shape index (κ1) is 16.0. The molecular formula is C18H13N2O3-. The van der Waals surface area contributed by atoms with Gasteiger partial charge in [0, 0.05) is 5.69 Å². The minimum Gasteiger partial charge on any atom is -0.545 e. The van der Waals surface area contributed by atoms with Crippen LogP contribution in [-0.2, 0) is 4.79 Å². The Labute approximate surface area is 133 Å². The zero-order valence-corrected chi connectivity index (χ0v) is 12.4. The predicted molar refractivity (Wildman–Crippen MR) is 84.2 cm³/mol. The largest absolute Gasteiger partial charge is 0.545 e. The monoisotopic (exact) mass is 305 g/mol. The lowest BCUT2D eigenvalue weighted by molar-refractivity contribution is -0.255. The zero-order valence-electron chi connectivity index (χ0n) is 12.4. The average Bonchev–Trinajstić information content (AvgIpc) is 2.54. The van der Waals surface area contributed by atoms with E-state index in [-0.39, 0.29) is 11.1 Å². The summed E-state index contributed by atoms with van der Waals surface area (Å²) in [6.07, 6.45) is 1.49. The van der Waals surface area contributed by atoms with Crippen molar-refractivity contribution in [1.82, 2.24) is 0 Å². The molecule has 2 rings (SSSR count). The molecule has 0 atom stereocenters. The number of carboxylic acid groups (broad SMARTS) is 1. The minimum atomic E-state index is -1.29. The summed E-state index contributed by atoms with van der Waals surface area (Å²) in [4.78, 5) is 22.8. The van der Waals surface area contributed by atoms with Gasteiger partial charge in [0.15, 0.2) is 0 Å². The van der Waals surface area contributed by atoms with Crippen molar-refractivity contribution >= 4 is 23.6 Å². The molecule has 0 aliphatic rings. The Hall–Kier alpha value is -3.39. The number of hydrogen-bond donors (Lipinski definition) is 1. The van der Waals surface area contributed by atoms with Crippen molar-refractivity contribution in [1.29, 1.82) is 5.26 Å². The van der Waals surface area contributed by atoms with E-state index in [1.165, 1.54) is 30.3 Å². The van der Waals surface area contributed by atoms with Crippen molar-refractivity contribution in [3.8, 4) is 6.07 Å². The molecule has 1 amide bonds. The molecule has 0 heterocycles. The van der Waals surface area contributed by atoms with Gasteiger partial charge in [-0.25, -0.2) is 0 Å². The second-order valence-corrected chi connectivity index (χ2v) is 4.90. The maximum atomic E-state index is 12.1. The van der Waals surface area contributed by atoms with Crippen molar-refractivity contribution in [3.63, 3.8) is 0 Å². The van der Waals surface area contributed by atoms with Gasteiger partial charge < -0.3 is 15.2 Å². The number of nitriles is 1. The SMILES string of the molecule is Cc1ccc(/C=C(\C#N)C(=O)Nc2ccc(C(=O)[O-])cc2)cc1. The summed E-state index contributed by atoms with van der Waals surface area (Å²) < 4.78 is 0. The number of hydrogen-bond acceptors (Lipinski definition) is 4. The second kappa shape index (κ2) is 7.05. The third-order valence-corrected chi connectivity index (χ3v) is 3.13. The lowest BCUT2D eigenvalue weighted by Crippen LogP contribution is -2.22. The molecule has 114 valence electrons. The van der Waals surface area contributed by atoms with Gasteiger partial charge in [0.1, 0.15) is 11.6 Å². The molecule has 0 unspecified atom stereocenters. The fourth-order valence-corrected chi connectivity index (χ4v) is 1.87. The predicted octanol–water partition coefficient (Wildman–Crippen LogP) is 1.90. The molecule has 0 spiro atoms. The number of anilines is 1. The fraction of sp³-hybridized carbons (Fsp3) is 0.0556. The number of nitrogens with one attached hydrogen (secondary N) is 1. The Bertz CT molecular complexity index is 798. The number of aryl methyl sites for hydroxylation is 1. The summed E-state index contributed by atoms with van der Waals surface area (Å²) in [6.45, 7) is 1.95. The molecule has 0 aromatic heterocycles. The summed E-state index contributed by atoms with van der Waals surface area (Å²) in [5.74, 6) is -1.85. The minimum absolute atomic E-state index is 0.0127. The van der Waals surface area contributed by atoms with Crippen LogP contribution in [-0.4, -0.2) is 11.9 Å². The summed E-state index contributed by atoms with van der Waals surface area (Å²) in [7, 11) is 0. The number of aromatic carboxylic acids is 1. The molecule has 2 aromatic rings. The molecule has 23 heavy (non-hydrogen) atoms. The van der Waals surface area contributed by atoms with Gasteiger partial charge in [0.2, 0.25) is 0 Å². The molecule has 0 aliphatic carbocycles. The second-order valence-electron chi connectivity index (χ2n) is 4.90. The maximum absolute atomic E-state index is 12.1. The number of nitrogens with zero attached hydrogens (tertiary/aromatic N) is 1. The molecule has 2 aromatic carbocycles. The van der Waals surface area contributed by atoms with E-state index in [2.05, 4.69) is 5.32 Å².